The van der Waals surface area contributed by atoms with Gasteiger partial charge in [-0.25, -0.2) is 4.39 Å². The first-order valence-electron chi connectivity index (χ1n) is 12.0. The second-order valence-corrected chi connectivity index (χ2v) is 9.49. The topological polar surface area (TPSA) is 123 Å². The molecule has 0 spiro atoms. The van der Waals surface area contributed by atoms with Crippen LogP contribution in [0.2, 0.25) is 5.02 Å². The van der Waals surface area contributed by atoms with Crippen molar-refractivity contribution in [1.82, 2.24) is 14.8 Å². The Hall–Kier alpha value is -3.30. The molecule has 0 bridgehead atoms. The number of anilines is 1. The Morgan fingerprint density at radius 2 is 2.00 bits per heavy atom. The van der Waals surface area contributed by atoms with Gasteiger partial charge in [-0.2, -0.15) is 5.10 Å². The Labute approximate surface area is 213 Å². The normalized spacial score (nSPS) is 15.0. The summed E-state index contributed by atoms with van der Waals surface area (Å²) in [5.41, 5.74) is 7.73. The number of rotatable bonds is 8. The Kier molecular flexibility index (Phi) is 8.01. The molecular weight excluding hydrogens is 485 g/mol. The Bertz CT molecular complexity index is 1250. The van der Waals surface area contributed by atoms with Crippen molar-refractivity contribution in [1.29, 1.82) is 0 Å². The summed E-state index contributed by atoms with van der Waals surface area (Å²) >= 11 is 6.28. The van der Waals surface area contributed by atoms with Crippen LogP contribution in [0.25, 0.3) is 11.1 Å². The summed E-state index contributed by atoms with van der Waals surface area (Å²) in [6.45, 7) is 1.61. The molecule has 0 saturated heterocycles. The average molecular weight is 514 g/mol. The number of hydrogen-bond donors (Lipinski definition) is 3. The highest BCUT2D eigenvalue weighted by Crippen LogP contribution is 2.37. The van der Waals surface area contributed by atoms with E-state index in [0.717, 1.165) is 32.1 Å². The van der Waals surface area contributed by atoms with Crippen molar-refractivity contribution in [3.8, 4) is 11.1 Å². The van der Waals surface area contributed by atoms with Gasteiger partial charge in [-0.15, -0.1) is 0 Å². The Balaban J connectivity index is 1.65. The first-order chi connectivity index (χ1) is 17.3. The molecule has 2 heterocycles. The predicted octanol–water partition coefficient (Wildman–Crippen LogP) is 4.44. The first-order valence-corrected chi connectivity index (χ1v) is 12.4. The van der Waals surface area contributed by atoms with Gasteiger partial charge in [-0.05, 0) is 56.0 Å². The first kappa shape index (κ1) is 25.8. The molecule has 1 saturated carbocycles. The highest BCUT2D eigenvalue weighted by atomic mass is 35.5. The van der Waals surface area contributed by atoms with Gasteiger partial charge in [0.05, 0.1) is 29.8 Å². The number of aryl methyl sites for hydroxylation is 1. The number of nitrogens with zero attached hydrogens (tertiary/aromatic N) is 3. The molecule has 0 aliphatic heterocycles. The summed E-state index contributed by atoms with van der Waals surface area (Å²) in [5, 5.41) is 17.0. The number of amides is 2. The number of aliphatic hydroxyl groups excluding tert-OH is 1. The minimum atomic E-state index is -0.688. The van der Waals surface area contributed by atoms with Gasteiger partial charge in [0, 0.05) is 28.7 Å². The monoisotopic (exact) mass is 513 g/mol. The third-order valence-corrected chi connectivity index (χ3v) is 7.00. The molecular formula is C26H29ClFN5O3. The fourth-order valence-electron chi connectivity index (χ4n) is 4.98. The molecule has 4 rings (SSSR count). The third-order valence-electron chi connectivity index (χ3n) is 6.68. The van der Waals surface area contributed by atoms with Gasteiger partial charge in [0.1, 0.15) is 11.5 Å². The van der Waals surface area contributed by atoms with Gasteiger partial charge in [0.25, 0.3) is 5.91 Å². The quantitative estimate of drug-likeness (QED) is 0.411. The second-order valence-electron chi connectivity index (χ2n) is 9.08. The highest BCUT2D eigenvalue weighted by molar-refractivity contribution is 6.33. The fourth-order valence-corrected chi connectivity index (χ4v) is 5.28. The van der Waals surface area contributed by atoms with E-state index in [1.54, 1.807) is 31.3 Å². The number of carbonyl (C=O) groups excluding carboxylic acids is 2. The zero-order valence-corrected chi connectivity index (χ0v) is 20.8. The summed E-state index contributed by atoms with van der Waals surface area (Å²) < 4.78 is 16.5. The van der Waals surface area contributed by atoms with Crippen molar-refractivity contribution in [3.63, 3.8) is 0 Å². The summed E-state index contributed by atoms with van der Waals surface area (Å²) in [6, 6.07) is 7.57. The fraction of sp³-hybridized carbons (Fsp3) is 0.385. The average Bonchev–Trinajstić information content (AvgIpc) is 3.25. The minimum Gasteiger partial charge on any atom is -0.394 e. The molecule has 3 aromatic rings. The lowest BCUT2D eigenvalue weighted by atomic mass is 9.78. The molecule has 10 heteroatoms. The van der Waals surface area contributed by atoms with Crippen LogP contribution in [0.4, 0.5) is 10.1 Å². The number of aliphatic hydroxyl groups is 1. The van der Waals surface area contributed by atoms with Crippen molar-refractivity contribution < 1.29 is 19.1 Å². The summed E-state index contributed by atoms with van der Waals surface area (Å²) in [7, 11) is 0. The highest BCUT2D eigenvalue weighted by Gasteiger charge is 2.34. The van der Waals surface area contributed by atoms with Crippen LogP contribution in [0.15, 0.2) is 36.5 Å². The molecule has 190 valence electrons. The number of benzene rings is 1. The third kappa shape index (κ3) is 5.42. The number of halogens is 2. The molecule has 1 aliphatic rings. The molecule has 1 aromatic carbocycles. The number of primary amides is 1. The molecule has 1 fully saturated rings. The van der Waals surface area contributed by atoms with Crippen LogP contribution in [-0.2, 0) is 11.3 Å². The van der Waals surface area contributed by atoms with E-state index >= 15 is 4.39 Å². The molecule has 1 aliphatic carbocycles. The molecule has 2 amide bonds. The Morgan fingerprint density at radius 3 is 2.64 bits per heavy atom. The van der Waals surface area contributed by atoms with Crippen molar-refractivity contribution in [2.75, 3.05) is 11.9 Å². The molecule has 1 atom stereocenters. The molecule has 8 nitrogen and oxygen atoms in total. The number of aromatic nitrogens is 3. The van der Waals surface area contributed by atoms with Crippen LogP contribution in [0, 0.1) is 18.7 Å². The van der Waals surface area contributed by atoms with E-state index in [4.69, 9.17) is 17.3 Å². The summed E-state index contributed by atoms with van der Waals surface area (Å²) in [4.78, 5) is 29.7. The van der Waals surface area contributed by atoms with Crippen LogP contribution in [0.3, 0.4) is 0 Å². The standard InChI is InChI=1S/C26H29ClFN5O3/c1-15-23(19(27)9-10-30-15)18-8-7-17(13-20(18)28)31-26(36)24(16-5-3-2-4-6-16)21-14-22(25(29)35)33(32-21)11-12-34/h7-10,13-14,16,24,34H,2-6,11-12H2,1H3,(H2,29,35)(H,31,36)/t24-/m0/s1. The van der Waals surface area contributed by atoms with E-state index in [2.05, 4.69) is 15.4 Å². The Morgan fingerprint density at radius 1 is 1.25 bits per heavy atom. The molecule has 0 unspecified atom stereocenters. The maximum atomic E-state index is 15.1. The lowest BCUT2D eigenvalue weighted by molar-refractivity contribution is -0.119. The zero-order valence-electron chi connectivity index (χ0n) is 20.0. The second kappa shape index (κ2) is 11.2. The SMILES string of the molecule is Cc1nccc(Cl)c1-c1ccc(NC(=O)[C@H](c2cc(C(N)=O)n(CCO)n2)C2CCCCC2)cc1F. The molecule has 36 heavy (non-hydrogen) atoms. The summed E-state index contributed by atoms with van der Waals surface area (Å²) in [6.07, 6.45) is 6.31. The van der Waals surface area contributed by atoms with Gasteiger partial charge in [-0.1, -0.05) is 30.9 Å². The van der Waals surface area contributed by atoms with Gasteiger partial charge in [-0.3, -0.25) is 19.3 Å². The van der Waals surface area contributed by atoms with E-state index in [0.29, 0.717) is 33.2 Å². The van der Waals surface area contributed by atoms with E-state index in [9.17, 15) is 14.7 Å². The predicted molar refractivity (Wildman–Crippen MR) is 135 cm³/mol. The number of nitrogens with one attached hydrogen (secondary N) is 1. The van der Waals surface area contributed by atoms with E-state index in [-0.39, 0.29) is 30.7 Å². The van der Waals surface area contributed by atoms with Gasteiger partial charge in [0.2, 0.25) is 5.91 Å². The lowest BCUT2D eigenvalue weighted by Crippen LogP contribution is -2.29. The van der Waals surface area contributed by atoms with Crippen LogP contribution in [0.1, 0.15) is 59.9 Å². The van der Waals surface area contributed by atoms with Gasteiger partial charge in [0.15, 0.2) is 0 Å². The largest absolute Gasteiger partial charge is 0.394 e. The van der Waals surface area contributed by atoms with Gasteiger partial charge < -0.3 is 16.2 Å². The maximum absolute atomic E-state index is 15.1. The lowest BCUT2D eigenvalue weighted by Gasteiger charge is -2.28. The van der Waals surface area contributed by atoms with Crippen LogP contribution in [0.5, 0.6) is 0 Å². The van der Waals surface area contributed by atoms with E-state index < -0.39 is 17.6 Å². The van der Waals surface area contributed by atoms with Crippen LogP contribution in [-0.4, -0.2) is 38.3 Å². The van der Waals surface area contributed by atoms with Crippen LogP contribution >= 0.6 is 11.6 Å². The smallest absolute Gasteiger partial charge is 0.266 e. The number of carbonyl (C=O) groups is 2. The van der Waals surface area contributed by atoms with Crippen molar-refractivity contribution in [3.05, 3.63) is 64.5 Å². The van der Waals surface area contributed by atoms with E-state index in [1.165, 1.54) is 16.8 Å². The van der Waals surface area contributed by atoms with E-state index in [1.807, 2.05) is 0 Å². The molecule has 2 aromatic heterocycles. The number of hydrogen-bond acceptors (Lipinski definition) is 5. The van der Waals surface area contributed by atoms with Crippen LogP contribution < -0.4 is 11.1 Å². The van der Waals surface area contributed by atoms with Gasteiger partial charge >= 0.3 is 0 Å². The van der Waals surface area contributed by atoms with Crippen molar-refractivity contribution >= 4 is 29.1 Å². The molecule has 0 radical (unpaired) electrons. The number of nitrogens with two attached hydrogens (primary N) is 1. The summed E-state index contributed by atoms with van der Waals surface area (Å²) in [5.74, 6) is -2.21. The van der Waals surface area contributed by atoms with Crippen molar-refractivity contribution in [2.24, 2.45) is 11.7 Å². The maximum Gasteiger partial charge on any atom is 0.266 e. The zero-order chi connectivity index (χ0) is 25.8. The van der Waals surface area contributed by atoms with Crippen molar-refractivity contribution in [2.45, 2.75) is 51.5 Å². The number of pyridine rings is 1. The minimum absolute atomic E-state index is 0.0120. The molecule has 4 N–H and O–H groups in total.